The molecule has 0 saturated heterocycles. The van der Waals surface area contributed by atoms with E-state index in [9.17, 15) is 18.0 Å². The highest BCUT2D eigenvalue weighted by Crippen LogP contribution is 2.34. The van der Waals surface area contributed by atoms with E-state index in [2.05, 4.69) is 4.74 Å². The molecule has 0 aromatic carbocycles. The van der Waals surface area contributed by atoms with E-state index in [0.717, 1.165) is 6.42 Å². The van der Waals surface area contributed by atoms with E-state index < -0.39 is 23.8 Å². The van der Waals surface area contributed by atoms with Crippen LogP contribution in [-0.4, -0.2) is 18.2 Å². The molecule has 0 N–H and O–H groups in total. The third-order valence-corrected chi connectivity index (χ3v) is 2.03. The molecule has 1 atom stereocenters. The van der Waals surface area contributed by atoms with E-state index in [1.54, 1.807) is 0 Å². The van der Waals surface area contributed by atoms with Crippen LogP contribution in [0.4, 0.5) is 13.2 Å². The van der Waals surface area contributed by atoms with E-state index in [1.807, 2.05) is 6.92 Å². The normalized spacial score (nSPS) is 22.1. The molecule has 0 spiro atoms. The van der Waals surface area contributed by atoms with Crippen LogP contribution in [0.25, 0.3) is 0 Å². The number of carbonyl (C=O) groups excluding carboxylic acids is 1. The summed E-state index contributed by atoms with van der Waals surface area (Å²) in [6.07, 6.45) is -3.37. The second kappa shape index (κ2) is 4.02. The molecule has 0 radical (unpaired) electrons. The zero-order valence-corrected chi connectivity index (χ0v) is 7.73. The van der Waals surface area contributed by atoms with Crippen molar-refractivity contribution in [3.8, 4) is 0 Å². The molecule has 0 aliphatic carbocycles. The standard InChI is InChI=1S/C9H11F3O2/c1-2-3-4-7-6(9(10,11)12)5-8(13)14-7/h5,7H,2-4H2,1H3. The van der Waals surface area contributed by atoms with Gasteiger partial charge in [0.05, 0.1) is 5.57 Å². The fourth-order valence-corrected chi connectivity index (χ4v) is 1.33. The van der Waals surface area contributed by atoms with Gasteiger partial charge in [-0.3, -0.25) is 0 Å². The molecular weight excluding hydrogens is 197 g/mol. The van der Waals surface area contributed by atoms with E-state index in [4.69, 9.17) is 0 Å². The highest BCUT2D eigenvalue weighted by atomic mass is 19.4. The molecule has 0 fully saturated rings. The van der Waals surface area contributed by atoms with Gasteiger partial charge in [0.15, 0.2) is 0 Å². The van der Waals surface area contributed by atoms with Crippen molar-refractivity contribution < 1.29 is 22.7 Å². The number of hydrogen-bond donors (Lipinski definition) is 0. The zero-order chi connectivity index (χ0) is 10.8. The van der Waals surface area contributed by atoms with Crippen molar-refractivity contribution in [1.82, 2.24) is 0 Å². The number of ether oxygens (including phenoxy) is 1. The van der Waals surface area contributed by atoms with Gasteiger partial charge >= 0.3 is 12.1 Å². The van der Waals surface area contributed by atoms with Crippen LogP contribution < -0.4 is 0 Å². The maximum atomic E-state index is 12.3. The topological polar surface area (TPSA) is 26.3 Å². The monoisotopic (exact) mass is 208 g/mol. The average molecular weight is 208 g/mol. The zero-order valence-electron chi connectivity index (χ0n) is 7.73. The summed E-state index contributed by atoms with van der Waals surface area (Å²) < 4.78 is 41.5. The van der Waals surface area contributed by atoms with Gasteiger partial charge in [0.2, 0.25) is 0 Å². The lowest BCUT2D eigenvalue weighted by atomic mass is 10.1. The largest absolute Gasteiger partial charge is 0.454 e. The minimum absolute atomic E-state index is 0.244. The highest BCUT2D eigenvalue weighted by Gasteiger charge is 2.43. The van der Waals surface area contributed by atoms with Gasteiger partial charge in [0.25, 0.3) is 0 Å². The first-order valence-corrected chi connectivity index (χ1v) is 4.44. The number of rotatable bonds is 3. The smallest absolute Gasteiger partial charge is 0.416 e. The minimum atomic E-state index is -4.45. The molecular formula is C9H11F3O2. The molecule has 1 unspecified atom stereocenters. The van der Waals surface area contributed by atoms with Crippen molar-refractivity contribution in [2.24, 2.45) is 0 Å². The molecule has 0 aromatic heterocycles. The van der Waals surface area contributed by atoms with Crippen LogP contribution in [0.15, 0.2) is 11.6 Å². The number of alkyl halides is 3. The predicted octanol–water partition coefficient (Wildman–Crippen LogP) is 2.59. The molecule has 1 aliphatic rings. The Kier molecular flexibility index (Phi) is 3.18. The lowest BCUT2D eigenvalue weighted by Crippen LogP contribution is -2.22. The number of halogens is 3. The van der Waals surface area contributed by atoms with Gasteiger partial charge in [0.1, 0.15) is 6.10 Å². The van der Waals surface area contributed by atoms with Gasteiger partial charge < -0.3 is 4.74 Å². The Balaban J connectivity index is 2.69. The van der Waals surface area contributed by atoms with E-state index in [-0.39, 0.29) is 6.42 Å². The molecule has 0 bridgehead atoms. The van der Waals surface area contributed by atoms with Crippen molar-refractivity contribution in [3.63, 3.8) is 0 Å². The number of carbonyl (C=O) groups is 1. The molecule has 0 saturated carbocycles. The van der Waals surface area contributed by atoms with Crippen LogP contribution in [-0.2, 0) is 9.53 Å². The number of cyclic esters (lactones) is 1. The summed E-state index contributed by atoms with van der Waals surface area (Å²) in [6, 6.07) is 0. The molecule has 1 aliphatic heterocycles. The van der Waals surface area contributed by atoms with Crippen molar-refractivity contribution in [1.29, 1.82) is 0 Å². The quantitative estimate of drug-likeness (QED) is 0.666. The maximum Gasteiger partial charge on any atom is 0.416 e. The molecule has 1 rings (SSSR count). The predicted molar refractivity (Wildman–Crippen MR) is 43.5 cm³/mol. The second-order valence-corrected chi connectivity index (χ2v) is 3.17. The van der Waals surface area contributed by atoms with E-state index >= 15 is 0 Å². The first kappa shape index (κ1) is 11.1. The molecule has 0 aromatic rings. The van der Waals surface area contributed by atoms with Crippen LogP contribution in [0, 0.1) is 0 Å². The first-order valence-electron chi connectivity index (χ1n) is 4.44. The maximum absolute atomic E-state index is 12.3. The van der Waals surface area contributed by atoms with Gasteiger partial charge in [-0.25, -0.2) is 4.79 Å². The highest BCUT2D eigenvalue weighted by molar-refractivity contribution is 5.86. The van der Waals surface area contributed by atoms with E-state index in [1.165, 1.54) is 0 Å². The summed E-state index contributed by atoms with van der Waals surface area (Å²) in [4.78, 5) is 10.7. The fourth-order valence-electron chi connectivity index (χ4n) is 1.33. The molecule has 80 valence electrons. The summed E-state index contributed by atoms with van der Waals surface area (Å²) >= 11 is 0. The van der Waals surface area contributed by atoms with E-state index in [0.29, 0.717) is 12.5 Å². The van der Waals surface area contributed by atoms with Crippen molar-refractivity contribution in [3.05, 3.63) is 11.6 Å². The van der Waals surface area contributed by atoms with Crippen molar-refractivity contribution in [2.75, 3.05) is 0 Å². The van der Waals surface area contributed by atoms with Crippen molar-refractivity contribution >= 4 is 5.97 Å². The number of hydrogen-bond acceptors (Lipinski definition) is 2. The Morgan fingerprint density at radius 3 is 2.64 bits per heavy atom. The number of unbranched alkanes of at least 4 members (excludes halogenated alkanes) is 1. The Morgan fingerprint density at radius 1 is 1.50 bits per heavy atom. The van der Waals surface area contributed by atoms with Gasteiger partial charge in [-0.05, 0) is 12.8 Å². The SMILES string of the molecule is CCCCC1OC(=O)C=C1C(F)(F)F. The third kappa shape index (κ3) is 2.49. The molecule has 5 heteroatoms. The van der Waals surface area contributed by atoms with Crippen LogP contribution in [0.5, 0.6) is 0 Å². The van der Waals surface area contributed by atoms with Gasteiger partial charge in [0, 0.05) is 6.08 Å². The summed E-state index contributed by atoms with van der Waals surface area (Å²) in [5, 5.41) is 0. The summed E-state index contributed by atoms with van der Waals surface area (Å²) in [5.74, 6) is -0.890. The molecule has 1 heterocycles. The van der Waals surface area contributed by atoms with Crippen LogP contribution >= 0.6 is 0 Å². The van der Waals surface area contributed by atoms with Crippen LogP contribution in [0.2, 0.25) is 0 Å². The fraction of sp³-hybridized carbons (Fsp3) is 0.667. The van der Waals surface area contributed by atoms with Crippen molar-refractivity contribution in [2.45, 2.75) is 38.5 Å². The summed E-state index contributed by atoms with van der Waals surface area (Å²) in [7, 11) is 0. The Bertz CT molecular complexity index is 255. The van der Waals surface area contributed by atoms with Crippen LogP contribution in [0.3, 0.4) is 0 Å². The lowest BCUT2D eigenvalue weighted by molar-refractivity contribution is -0.141. The third-order valence-electron chi connectivity index (χ3n) is 2.03. The first-order chi connectivity index (χ1) is 6.45. The Morgan fingerprint density at radius 2 is 2.14 bits per heavy atom. The van der Waals surface area contributed by atoms with Gasteiger partial charge in [-0.2, -0.15) is 13.2 Å². The van der Waals surface area contributed by atoms with Gasteiger partial charge in [-0.1, -0.05) is 13.3 Å². The molecule has 14 heavy (non-hydrogen) atoms. The summed E-state index contributed by atoms with van der Waals surface area (Å²) in [5.41, 5.74) is -0.851. The van der Waals surface area contributed by atoms with Crippen LogP contribution in [0.1, 0.15) is 26.2 Å². The average Bonchev–Trinajstić information content (AvgIpc) is 2.42. The summed E-state index contributed by atoms with van der Waals surface area (Å²) in [6.45, 7) is 1.87. The lowest BCUT2D eigenvalue weighted by Gasteiger charge is -2.15. The minimum Gasteiger partial charge on any atom is -0.454 e. The Hall–Kier alpha value is -1.00. The second-order valence-electron chi connectivity index (χ2n) is 3.17. The van der Waals surface area contributed by atoms with Gasteiger partial charge in [-0.15, -0.1) is 0 Å². The Labute approximate surface area is 79.7 Å². The molecule has 2 nitrogen and oxygen atoms in total. The molecule has 0 amide bonds. The number of esters is 1.